The lowest BCUT2D eigenvalue weighted by molar-refractivity contribution is 0.721. The van der Waals surface area contributed by atoms with Crippen LogP contribution < -0.4 is 4.90 Å². The van der Waals surface area contributed by atoms with Crippen LogP contribution in [0.25, 0.3) is 82.9 Å². The molecule has 10 aromatic carbocycles. The van der Waals surface area contributed by atoms with Gasteiger partial charge >= 0.3 is 0 Å². The number of nitrogens with zero attached hydrogens (tertiary/aromatic N) is 1. The molecule has 0 saturated heterocycles. The van der Waals surface area contributed by atoms with E-state index in [1.54, 1.807) is 0 Å². The lowest BCUT2D eigenvalue weighted by Crippen LogP contribution is -2.10. The Balaban J connectivity index is 1.02. The topological polar surface area (TPSA) is 3.24 Å². The molecule has 0 spiro atoms. The molecule has 1 atom stereocenters. The van der Waals surface area contributed by atoms with Gasteiger partial charge in [-0.1, -0.05) is 195 Å². The Hall–Kier alpha value is -7.48. The molecule has 0 bridgehead atoms. The van der Waals surface area contributed by atoms with Crippen molar-refractivity contribution in [1.82, 2.24) is 0 Å². The molecule has 0 N–H and O–H groups in total. The van der Waals surface area contributed by atoms with Gasteiger partial charge in [-0.25, -0.2) is 0 Å². The zero-order valence-corrected chi connectivity index (χ0v) is 33.6. The molecule has 0 saturated carbocycles. The van der Waals surface area contributed by atoms with Gasteiger partial charge in [0.25, 0.3) is 0 Å². The minimum absolute atomic E-state index is 0.545. The van der Waals surface area contributed by atoms with Gasteiger partial charge < -0.3 is 4.90 Å². The summed E-state index contributed by atoms with van der Waals surface area (Å²) in [5.41, 5.74) is 15.9. The summed E-state index contributed by atoms with van der Waals surface area (Å²) >= 11 is 0. The molecule has 0 heterocycles. The Morgan fingerprint density at radius 1 is 0.383 bits per heavy atom. The Morgan fingerprint density at radius 2 is 0.933 bits per heavy atom. The van der Waals surface area contributed by atoms with E-state index in [0.29, 0.717) is 5.92 Å². The Bertz CT molecular complexity index is 3220. The average molecular weight is 766 g/mol. The highest BCUT2D eigenvalue weighted by Gasteiger charge is 2.19. The highest BCUT2D eigenvalue weighted by molar-refractivity contribution is 6.07. The van der Waals surface area contributed by atoms with Gasteiger partial charge in [0.15, 0.2) is 0 Å². The van der Waals surface area contributed by atoms with Crippen LogP contribution >= 0.6 is 0 Å². The van der Waals surface area contributed by atoms with Crippen molar-refractivity contribution in [2.24, 2.45) is 5.92 Å². The fourth-order valence-corrected chi connectivity index (χ4v) is 9.44. The third-order valence-electron chi connectivity index (χ3n) is 12.4. The molecule has 1 nitrogen and oxygen atoms in total. The molecule has 1 heteroatoms. The van der Waals surface area contributed by atoms with Crippen molar-refractivity contribution in [2.75, 3.05) is 4.90 Å². The first kappa shape index (κ1) is 35.7. The van der Waals surface area contributed by atoms with E-state index >= 15 is 0 Å². The van der Waals surface area contributed by atoms with Crippen LogP contribution in [0.4, 0.5) is 17.1 Å². The van der Waals surface area contributed by atoms with Crippen molar-refractivity contribution in [2.45, 2.75) is 13.3 Å². The second-order valence-electron chi connectivity index (χ2n) is 16.2. The zero-order chi connectivity index (χ0) is 40.0. The van der Waals surface area contributed by atoms with Crippen molar-refractivity contribution in [3.8, 4) is 44.5 Å². The first-order chi connectivity index (χ1) is 29.7. The summed E-state index contributed by atoms with van der Waals surface area (Å²) in [4.78, 5) is 2.42. The summed E-state index contributed by atoms with van der Waals surface area (Å²) < 4.78 is 0. The summed E-state index contributed by atoms with van der Waals surface area (Å²) in [6.07, 6.45) is 5.70. The van der Waals surface area contributed by atoms with Crippen LogP contribution in [0.15, 0.2) is 218 Å². The van der Waals surface area contributed by atoms with Crippen molar-refractivity contribution < 1.29 is 0 Å². The Morgan fingerprint density at radius 3 is 1.73 bits per heavy atom. The average Bonchev–Trinajstić information content (AvgIpc) is 3.32. The van der Waals surface area contributed by atoms with Gasteiger partial charge in [0, 0.05) is 16.8 Å². The molecule has 0 fully saturated rings. The normalized spacial score (nSPS) is 13.4. The number of benzene rings is 10. The first-order valence-electron chi connectivity index (χ1n) is 21.1. The van der Waals surface area contributed by atoms with Gasteiger partial charge in [0.1, 0.15) is 0 Å². The monoisotopic (exact) mass is 765 g/mol. The summed E-state index contributed by atoms with van der Waals surface area (Å²) in [6.45, 7) is 2.31. The number of hydrogen-bond acceptors (Lipinski definition) is 1. The molecule has 0 aliphatic heterocycles. The van der Waals surface area contributed by atoms with Crippen molar-refractivity contribution in [1.29, 1.82) is 0 Å². The second kappa shape index (κ2) is 15.0. The molecule has 1 aliphatic carbocycles. The van der Waals surface area contributed by atoms with E-state index in [1.165, 1.54) is 88.0 Å². The molecule has 284 valence electrons. The maximum absolute atomic E-state index is 2.42. The van der Waals surface area contributed by atoms with E-state index in [2.05, 4.69) is 236 Å². The maximum Gasteiger partial charge on any atom is 0.0540 e. The van der Waals surface area contributed by atoms with Gasteiger partial charge in [-0.15, -0.1) is 0 Å². The van der Waals surface area contributed by atoms with E-state index in [1.807, 2.05) is 0 Å². The summed E-state index contributed by atoms with van der Waals surface area (Å²) in [7, 11) is 0. The third-order valence-corrected chi connectivity index (χ3v) is 12.4. The molecule has 10 aromatic rings. The van der Waals surface area contributed by atoms with Crippen LogP contribution in [0.2, 0.25) is 0 Å². The lowest BCUT2D eigenvalue weighted by atomic mass is 9.85. The van der Waals surface area contributed by atoms with Crippen LogP contribution in [0.1, 0.15) is 18.1 Å². The number of hydrogen-bond donors (Lipinski definition) is 0. The fraction of sp³-hybridized carbons (Fsp3) is 0.0508. The zero-order valence-electron chi connectivity index (χ0n) is 33.6. The van der Waals surface area contributed by atoms with Crippen molar-refractivity contribution in [3.05, 3.63) is 230 Å². The number of fused-ring (bicyclic) bond motifs is 5. The molecule has 0 radical (unpaired) electrons. The predicted octanol–water partition coefficient (Wildman–Crippen LogP) is 16.5. The second-order valence-corrected chi connectivity index (χ2v) is 16.2. The molecule has 0 amide bonds. The van der Waals surface area contributed by atoms with Crippen LogP contribution in [-0.2, 0) is 6.42 Å². The highest BCUT2D eigenvalue weighted by Crippen LogP contribution is 2.44. The number of rotatable bonds is 7. The van der Waals surface area contributed by atoms with E-state index in [-0.39, 0.29) is 0 Å². The SMILES string of the molecule is CC1C=Cc2ccc3c(-c4ccc(N(c5ccc(-c6cccc(-c7cccc8ccccc78)c6)cc5)c5ccc(-c6ccccc6)c6ccccc56)cc4)cccc3c2C1. The highest BCUT2D eigenvalue weighted by atomic mass is 15.1. The Kier molecular flexibility index (Phi) is 8.94. The molecule has 60 heavy (non-hydrogen) atoms. The van der Waals surface area contributed by atoms with Crippen LogP contribution in [0, 0.1) is 5.92 Å². The number of anilines is 3. The first-order valence-corrected chi connectivity index (χ1v) is 21.1. The molecule has 1 unspecified atom stereocenters. The molecule has 1 aliphatic rings. The van der Waals surface area contributed by atoms with Gasteiger partial charge in [0.2, 0.25) is 0 Å². The van der Waals surface area contributed by atoms with E-state index in [9.17, 15) is 0 Å². The van der Waals surface area contributed by atoms with Gasteiger partial charge in [-0.05, 0) is 131 Å². The molecular formula is C59H43N. The predicted molar refractivity (Wildman–Crippen MR) is 257 cm³/mol. The number of allylic oxidation sites excluding steroid dienone is 1. The minimum atomic E-state index is 0.545. The van der Waals surface area contributed by atoms with Crippen LogP contribution in [-0.4, -0.2) is 0 Å². The molecular weight excluding hydrogens is 723 g/mol. The van der Waals surface area contributed by atoms with E-state index < -0.39 is 0 Å². The minimum Gasteiger partial charge on any atom is -0.310 e. The standard InChI is InChI=1S/C59H43N/c1-40-24-25-45-30-35-56-51(22-11-23-55(56)58(45)38-40)44-28-33-49(34-29-44)60(59-37-36-53(42-12-3-2-4-13-42)54-19-7-8-20-57(54)59)48-31-26-41(27-32-48)46-16-9-17-47(39-46)52-21-10-15-43-14-5-6-18-50(43)52/h2-37,39-40H,38H2,1H3. The summed E-state index contributed by atoms with van der Waals surface area (Å²) in [5, 5.41) is 7.63. The van der Waals surface area contributed by atoms with Gasteiger partial charge in [0.05, 0.1) is 5.69 Å². The van der Waals surface area contributed by atoms with Gasteiger partial charge in [-0.2, -0.15) is 0 Å². The summed E-state index contributed by atoms with van der Waals surface area (Å²) in [6, 6.07) is 77.9. The van der Waals surface area contributed by atoms with Crippen molar-refractivity contribution in [3.63, 3.8) is 0 Å². The maximum atomic E-state index is 2.42. The van der Waals surface area contributed by atoms with Crippen molar-refractivity contribution >= 4 is 55.5 Å². The molecule has 0 aromatic heterocycles. The van der Waals surface area contributed by atoms with Crippen LogP contribution in [0.3, 0.4) is 0 Å². The lowest BCUT2D eigenvalue weighted by Gasteiger charge is -2.28. The van der Waals surface area contributed by atoms with Gasteiger partial charge in [-0.3, -0.25) is 0 Å². The van der Waals surface area contributed by atoms with E-state index in [4.69, 9.17) is 0 Å². The Labute approximate surface area is 352 Å². The smallest absolute Gasteiger partial charge is 0.0540 e. The largest absolute Gasteiger partial charge is 0.310 e. The third kappa shape index (κ3) is 6.36. The molecule has 11 rings (SSSR count). The fourth-order valence-electron chi connectivity index (χ4n) is 9.44. The quantitative estimate of drug-likeness (QED) is 0.156. The van der Waals surface area contributed by atoms with E-state index in [0.717, 1.165) is 23.5 Å². The summed E-state index contributed by atoms with van der Waals surface area (Å²) in [5.74, 6) is 0.545. The van der Waals surface area contributed by atoms with Crippen LogP contribution in [0.5, 0.6) is 0 Å².